The van der Waals surface area contributed by atoms with E-state index in [1.165, 1.54) is 96.3 Å². The number of aromatic nitrogens is 2. The molecule has 0 aliphatic carbocycles. The highest BCUT2D eigenvalue weighted by molar-refractivity contribution is 5.79. The lowest BCUT2D eigenvalue weighted by Crippen LogP contribution is -2.32. The van der Waals surface area contributed by atoms with Gasteiger partial charge in [-0.05, 0) is 56.5 Å². The minimum atomic E-state index is -0.201. The summed E-state index contributed by atoms with van der Waals surface area (Å²) in [4.78, 5) is 17.7. The number of carbonyl (C=O) groups is 1. The molecule has 1 N–H and O–H groups in total. The number of nitrogens with zero attached hydrogens (tertiary/aromatic N) is 2. The Balaban J connectivity index is 1.34. The molecule has 0 saturated heterocycles. The predicted molar refractivity (Wildman–Crippen MR) is 177 cm³/mol. The molecule has 0 radical (unpaired) electrons. The second-order valence-electron chi connectivity index (χ2n) is 12.3. The maximum Gasteiger partial charge on any atom is 0.258 e. The van der Waals surface area contributed by atoms with Gasteiger partial charge in [0.1, 0.15) is 11.6 Å². The number of aryl methyl sites for hydroxylation is 3. The monoisotopic (exact) mass is 575 g/mol. The number of fused-ring (bicyclic) bond motifs is 1. The highest BCUT2D eigenvalue weighted by Crippen LogP contribution is 2.23. The van der Waals surface area contributed by atoms with Gasteiger partial charge >= 0.3 is 0 Å². The van der Waals surface area contributed by atoms with Crippen molar-refractivity contribution in [3.63, 3.8) is 0 Å². The van der Waals surface area contributed by atoms with E-state index in [9.17, 15) is 4.79 Å². The summed E-state index contributed by atoms with van der Waals surface area (Å²) in [6.45, 7) is 9.24. The number of imidazole rings is 1. The van der Waals surface area contributed by atoms with Crippen molar-refractivity contribution in [3.05, 3.63) is 59.4 Å². The van der Waals surface area contributed by atoms with E-state index in [1.807, 2.05) is 45.0 Å². The third kappa shape index (κ3) is 11.8. The standard InChI is InChI=1S/C37H57N3O2/c1-5-6-7-8-9-10-11-12-13-14-15-16-17-18-19-22-27-40-34-24-21-20-23-33(34)39-37(40)32(4)38-36(41)29-42-35-28-30(2)25-26-31(35)3/h20-21,23-26,28,32H,5-19,22,27,29H2,1-4H3,(H,38,41). The second-order valence-corrected chi connectivity index (χ2v) is 12.3. The van der Waals surface area contributed by atoms with Crippen molar-refractivity contribution in [3.8, 4) is 5.75 Å². The molecule has 0 saturated carbocycles. The van der Waals surface area contributed by atoms with Gasteiger partial charge in [-0.25, -0.2) is 4.98 Å². The van der Waals surface area contributed by atoms with Crippen LogP contribution in [0.5, 0.6) is 5.75 Å². The van der Waals surface area contributed by atoms with Gasteiger partial charge in [-0.3, -0.25) is 4.79 Å². The summed E-state index contributed by atoms with van der Waals surface area (Å²) in [6.07, 6.45) is 21.9. The van der Waals surface area contributed by atoms with E-state index in [0.29, 0.717) is 0 Å². The largest absolute Gasteiger partial charge is 0.483 e. The molecule has 42 heavy (non-hydrogen) atoms. The zero-order valence-electron chi connectivity index (χ0n) is 27.1. The molecule has 232 valence electrons. The van der Waals surface area contributed by atoms with Crippen molar-refractivity contribution in [2.45, 2.75) is 143 Å². The molecular weight excluding hydrogens is 518 g/mol. The summed E-state index contributed by atoms with van der Waals surface area (Å²) in [7, 11) is 0. The van der Waals surface area contributed by atoms with E-state index in [1.54, 1.807) is 0 Å². The van der Waals surface area contributed by atoms with Crippen LogP contribution in [-0.4, -0.2) is 22.1 Å². The Labute approximate surface area is 255 Å². The van der Waals surface area contributed by atoms with Gasteiger partial charge in [0.15, 0.2) is 6.61 Å². The van der Waals surface area contributed by atoms with Gasteiger partial charge in [0.05, 0.1) is 17.1 Å². The van der Waals surface area contributed by atoms with Crippen molar-refractivity contribution >= 4 is 16.9 Å². The van der Waals surface area contributed by atoms with Crippen molar-refractivity contribution in [2.75, 3.05) is 6.61 Å². The molecule has 1 unspecified atom stereocenters. The molecule has 5 heteroatoms. The van der Waals surface area contributed by atoms with Gasteiger partial charge in [-0.1, -0.05) is 128 Å². The zero-order valence-corrected chi connectivity index (χ0v) is 27.1. The van der Waals surface area contributed by atoms with E-state index in [-0.39, 0.29) is 18.6 Å². The number of para-hydroxylation sites is 2. The van der Waals surface area contributed by atoms with Crippen LogP contribution in [-0.2, 0) is 11.3 Å². The van der Waals surface area contributed by atoms with Gasteiger partial charge in [0, 0.05) is 6.54 Å². The average molecular weight is 576 g/mol. The molecule has 1 heterocycles. The summed E-state index contributed by atoms with van der Waals surface area (Å²) in [6, 6.07) is 14.1. The van der Waals surface area contributed by atoms with Crippen LogP contribution in [0.25, 0.3) is 11.0 Å². The number of hydrogen-bond acceptors (Lipinski definition) is 3. The Morgan fingerprint density at radius 3 is 2.00 bits per heavy atom. The number of rotatable bonds is 22. The number of carbonyl (C=O) groups excluding carboxylic acids is 1. The van der Waals surface area contributed by atoms with Gasteiger partial charge in [-0.2, -0.15) is 0 Å². The lowest BCUT2D eigenvalue weighted by Gasteiger charge is -2.17. The number of ether oxygens (including phenoxy) is 1. The Morgan fingerprint density at radius 1 is 0.810 bits per heavy atom. The molecular formula is C37H57N3O2. The molecule has 1 aromatic heterocycles. The van der Waals surface area contributed by atoms with E-state index in [4.69, 9.17) is 9.72 Å². The lowest BCUT2D eigenvalue weighted by atomic mass is 10.0. The number of benzene rings is 2. The first-order chi connectivity index (χ1) is 20.5. The van der Waals surface area contributed by atoms with Gasteiger partial charge in [0.25, 0.3) is 5.91 Å². The fourth-order valence-corrected chi connectivity index (χ4v) is 5.83. The molecule has 1 amide bonds. The topological polar surface area (TPSA) is 56.2 Å². The van der Waals surface area contributed by atoms with Gasteiger partial charge in [-0.15, -0.1) is 0 Å². The summed E-state index contributed by atoms with van der Waals surface area (Å²) in [5, 5.41) is 3.11. The van der Waals surface area contributed by atoms with Crippen LogP contribution in [0.2, 0.25) is 0 Å². The van der Waals surface area contributed by atoms with Crippen molar-refractivity contribution in [1.82, 2.24) is 14.9 Å². The fourth-order valence-electron chi connectivity index (χ4n) is 5.83. The normalized spacial score (nSPS) is 12.1. The first-order valence-corrected chi connectivity index (χ1v) is 16.9. The third-order valence-corrected chi connectivity index (χ3v) is 8.39. The van der Waals surface area contributed by atoms with Crippen LogP contribution < -0.4 is 10.1 Å². The fraction of sp³-hybridized carbons (Fsp3) is 0.622. The molecule has 0 aliphatic rings. The van der Waals surface area contributed by atoms with Gasteiger partial charge < -0.3 is 14.6 Å². The number of amides is 1. The molecule has 3 aromatic rings. The van der Waals surface area contributed by atoms with Crippen LogP contribution in [0.4, 0.5) is 0 Å². The molecule has 5 nitrogen and oxygen atoms in total. The van der Waals surface area contributed by atoms with E-state index in [0.717, 1.165) is 46.7 Å². The van der Waals surface area contributed by atoms with E-state index < -0.39 is 0 Å². The van der Waals surface area contributed by atoms with Crippen LogP contribution in [0, 0.1) is 13.8 Å². The number of hydrogen-bond donors (Lipinski definition) is 1. The van der Waals surface area contributed by atoms with Crippen LogP contribution in [0.1, 0.15) is 140 Å². The van der Waals surface area contributed by atoms with E-state index in [2.05, 4.69) is 35.0 Å². The molecule has 0 bridgehead atoms. The van der Waals surface area contributed by atoms with Crippen molar-refractivity contribution in [2.24, 2.45) is 0 Å². The first-order valence-electron chi connectivity index (χ1n) is 16.9. The third-order valence-electron chi connectivity index (χ3n) is 8.39. The quantitative estimate of drug-likeness (QED) is 0.121. The van der Waals surface area contributed by atoms with Crippen molar-refractivity contribution < 1.29 is 9.53 Å². The van der Waals surface area contributed by atoms with Crippen LogP contribution >= 0.6 is 0 Å². The minimum Gasteiger partial charge on any atom is -0.483 e. The van der Waals surface area contributed by atoms with Crippen LogP contribution in [0.3, 0.4) is 0 Å². The maximum atomic E-state index is 12.8. The molecule has 2 aromatic carbocycles. The van der Waals surface area contributed by atoms with E-state index >= 15 is 0 Å². The summed E-state index contributed by atoms with van der Waals surface area (Å²) in [5.74, 6) is 1.54. The smallest absolute Gasteiger partial charge is 0.258 e. The molecule has 0 spiro atoms. The summed E-state index contributed by atoms with van der Waals surface area (Å²) >= 11 is 0. The van der Waals surface area contributed by atoms with Crippen LogP contribution in [0.15, 0.2) is 42.5 Å². The average Bonchev–Trinajstić information content (AvgIpc) is 3.36. The minimum absolute atomic E-state index is 0.00597. The Morgan fingerprint density at radius 2 is 1.38 bits per heavy atom. The molecule has 3 rings (SSSR count). The lowest BCUT2D eigenvalue weighted by molar-refractivity contribution is -0.123. The molecule has 1 atom stereocenters. The molecule has 0 fully saturated rings. The second kappa shape index (κ2) is 19.4. The van der Waals surface area contributed by atoms with Gasteiger partial charge in [0.2, 0.25) is 0 Å². The predicted octanol–water partition coefficient (Wildman–Crippen LogP) is 10.2. The first kappa shape index (κ1) is 33.7. The highest BCUT2D eigenvalue weighted by Gasteiger charge is 2.18. The SMILES string of the molecule is CCCCCCCCCCCCCCCCCCn1c(C(C)NC(=O)COc2cc(C)ccc2C)nc2ccccc21. The number of unbranched alkanes of at least 4 members (excludes halogenated alkanes) is 15. The zero-order chi connectivity index (χ0) is 30.0. The molecule has 0 aliphatic heterocycles. The summed E-state index contributed by atoms with van der Waals surface area (Å²) < 4.78 is 8.13. The highest BCUT2D eigenvalue weighted by atomic mass is 16.5. The Bertz CT molecular complexity index is 1180. The van der Waals surface area contributed by atoms with Crippen molar-refractivity contribution in [1.29, 1.82) is 0 Å². The maximum absolute atomic E-state index is 12.8. The Hall–Kier alpha value is -2.82. The summed E-state index contributed by atoms with van der Waals surface area (Å²) in [5.41, 5.74) is 4.27. The number of nitrogens with one attached hydrogen (secondary N) is 1. The Kier molecular flexibility index (Phi) is 15.5.